The number of aromatic carboxylic acids is 1. The lowest BCUT2D eigenvalue weighted by molar-refractivity contribution is 0.0689. The maximum atomic E-state index is 11.9. The van der Waals surface area contributed by atoms with Crippen LogP contribution >= 0.6 is 0 Å². The highest BCUT2D eigenvalue weighted by Gasteiger charge is 2.10. The average molecular weight is 315 g/mol. The van der Waals surface area contributed by atoms with Gasteiger partial charge in [0, 0.05) is 0 Å². The van der Waals surface area contributed by atoms with E-state index in [-0.39, 0.29) is 11.4 Å². The molecule has 120 valence electrons. The Morgan fingerprint density at radius 3 is 2.30 bits per heavy atom. The first-order valence-corrected chi connectivity index (χ1v) is 7.01. The van der Waals surface area contributed by atoms with Gasteiger partial charge in [-0.2, -0.15) is 0 Å². The summed E-state index contributed by atoms with van der Waals surface area (Å²) in [4.78, 5) is 29.9. The molecule has 0 aliphatic rings. The Bertz CT molecular complexity index is 694. The quantitative estimate of drug-likeness (QED) is 0.785. The predicted octanol–water partition coefficient (Wildman–Crippen LogP) is 1.60. The minimum absolute atomic E-state index is 0.0575. The first kappa shape index (κ1) is 16.4. The van der Waals surface area contributed by atoms with Gasteiger partial charge in [-0.1, -0.05) is 18.2 Å². The number of carbonyl (C=O) groups excluding carboxylic acids is 1. The summed E-state index contributed by atoms with van der Waals surface area (Å²) < 4.78 is 5.68. The van der Waals surface area contributed by atoms with Gasteiger partial charge in [-0.25, -0.2) is 14.8 Å². The number of para-hydroxylation sites is 1. The topological polar surface area (TPSA) is 101 Å². The van der Waals surface area contributed by atoms with E-state index in [1.165, 1.54) is 0 Å². The molecule has 0 spiro atoms. The molecule has 0 atom stereocenters. The van der Waals surface area contributed by atoms with Crippen LogP contribution in [0.4, 0.5) is 0 Å². The van der Waals surface area contributed by atoms with E-state index in [1.807, 2.05) is 32.0 Å². The highest BCUT2D eigenvalue weighted by molar-refractivity contribution is 5.92. The normalized spacial score (nSPS) is 10.2. The van der Waals surface area contributed by atoms with E-state index in [9.17, 15) is 9.59 Å². The van der Waals surface area contributed by atoms with Crippen molar-refractivity contribution in [3.05, 3.63) is 53.1 Å². The highest BCUT2D eigenvalue weighted by Crippen LogP contribution is 2.21. The summed E-state index contributed by atoms with van der Waals surface area (Å²) in [5.74, 6) is -0.807. The zero-order chi connectivity index (χ0) is 16.8. The van der Waals surface area contributed by atoms with E-state index in [0.29, 0.717) is 13.2 Å². The third-order valence-corrected chi connectivity index (χ3v) is 3.15. The van der Waals surface area contributed by atoms with Crippen molar-refractivity contribution in [3.8, 4) is 5.75 Å². The highest BCUT2D eigenvalue weighted by atomic mass is 16.5. The average Bonchev–Trinajstić information content (AvgIpc) is 2.53. The van der Waals surface area contributed by atoms with E-state index >= 15 is 0 Å². The first-order chi connectivity index (χ1) is 11.0. The SMILES string of the molecule is Cc1cccc(C)c1OCCNC(=O)c1cnc(C(=O)O)cn1. The zero-order valence-corrected chi connectivity index (χ0v) is 12.9. The maximum Gasteiger partial charge on any atom is 0.356 e. The van der Waals surface area contributed by atoms with Gasteiger partial charge in [-0.3, -0.25) is 4.79 Å². The van der Waals surface area contributed by atoms with Crippen LogP contribution in [0.25, 0.3) is 0 Å². The second-order valence-corrected chi connectivity index (χ2v) is 4.92. The van der Waals surface area contributed by atoms with Gasteiger partial charge in [-0.05, 0) is 25.0 Å². The minimum Gasteiger partial charge on any atom is -0.491 e. The van der Waals surface area contributed by atoms with Crippen LogP contribution in [0.2, 0.25) is 0 Å². The Balaban J connectivity index is 1.84. The third kappa shape index (κ3) is 4.26. The van der Waals surface area contributed by atoms with Crippen molar-refractivity contribution in [2.24, 2.45) is 0 Å². The van der Waals surface area contributed by atoms with Gasteiger partial charge in [-0.15, -0.1) is 0 Å². The Hall–Kier alpha value is -2.96. The number of carboxylic acid groups (broad SMARTS) is 1. The second-order valence-electron chi connectivity index (χ2n) is 4.92. The first-order valence-electron chi connectivity index (χ1n) is 7.01. The van der Waals surface area contributed by atoms with Gasteiger partial charge in [0.1, 0.15) is 18.1 Å². The van der Waals surface area contributed by atoms with Crippen molar-refractivity contribution in [3.63, 3.8) is 0 Å². The van der Waals surface area contributed by atoms with E-state index < -0.39 is 11.9 Å². The Morgan fingerprint density at radius 2 is 1.74 bits per heavy atom. The van der Waals surface area contributed by atoms with E-state index in [2.05, 4.69) is 15.3 Å². The molecule has 7 heteroatoms. The zero-order valence-electron chi connectivity index (χ0n) is 12.9. The molecule has 23 heavy (non-hydrogen) atoms. The van der Waals surface area contributed by atoms with Crippen molar-refractivity contribution in [2.45, 2.75) is 13.8 Å². The molecular weight excluding hydrogens is 298 g/mol. The summed E-state index contributed by atoms with van der Waals surface area (Å²) >= 11 is 0. The molecule has 0 saturated heterocycles. The molecule has 7 nitrogen and oxygen atoms in total. The number of benzene rings is 1. The fourth-order valence-corrected chi connectivity index (χ4v) is 1.99. The molecule has 1 heterocycles. The van der Waals surface area contributed by atoms with Crippen LogP contribution in [-0.2, 0) is 0 Å². The lowest BCUT2D eigenvalue weighted by atomic mass is 10.1. The Morgan fingerprint density at radius 1 is 1.13 bits per heavy atom. The summed E-state index contributed by atoms with van der Waals surface area (Å²) in [7, 11) is 0. The predicted molar refractivity (Wildman–Crippen MR) is 82.7 cm³/mol. The van der Waals surface area contributed by atoms with Crippen LogP contribution in [0.3, 0.4) is 0 Å². The number of nitrogens with one attached hydrogen (secondary N) is 1. The number of nitrogens with zero attached hydrogens (tertiary/aromatic N) is 2. The van der Waals surface area contributed by atoms with Crippen molar-refractivity contribution in [2.75, 3.05) is 13.2 Å². The minimum atomic E-state index is -1.19. The van der Waals surface area contributed by atoms with Crippen LogP contribution in [0.5, 0.6) is 5.75 Å². The van der Waals surface area contributed by atoms with Gasteiger partial charge in [0.2, 0.25) is 0 Å². The van der Waals surface area contributed by atoms with E-state index in [0.717, 1.165) is 29.3 Å². The fraction of sp³-hybridized carbons (Fsp3) is 0.250. The molecule has 0 bridgehead atoms. The van der Waals surface area contributed by atoms with Gasteiger partial charge in [0.25, 0.3) is 5.91 Å². The number of amides is 1. The number of aryl methyl sites for hydroxylation is 2. The van der Waals surface area contributed by atoms with Gasteiger partial charge < -0.3 is 15.2 Å². The smallest absolute Gasteiger partial charge is 0.356 e. The molecular formula is C16H17N3O4. The largest absolute Gasteiger partial charge is 0.491 e. The summed E-state index contributed by atoms with van der Waals surface area (Å²) in [5.41, 5.74) is 1.92. The second kappa shape index (κ2) is 7.35. The van der Waals surface area contributed by atoms with Crippen molar-refractivity contribution in [1.29, 1.82) is 0 Å². The molecule has 2 N–H and O–H groups in total. The monoisotopic (exact) mass is 315 g/mol. The van der Waals surface area contributed by atoms with Crippen LogP contribution < -0.4 is 10.1 Å². The number of rotatable bonds is 6. The number of aromatic nitrogens is 2. The molecule has 0 radical (unpaired) electrons. The lowest BCUT2D eigenvalue weighted by Gasteiger charge is -2.12. The summed E-state index contributed by atoms with van der Waals surface area (Å²) in [6.45, 7) is 4.54. The number of ether oxygens (including phenoxy) is 1. The number of hydrogen-bond donors (Lipinski definition) is 2. The number of carboxylic acids is 1. The molecule has 0 unspecified atom stereocenters. The summed E-state index contributed by atoms with van der Waals surface area (Å²) in [5, 5.41) is 11.4. The van der Waals surface area contributed by atoms with Crippen molar-refractivity contribution in [1.82, 2.24) is 15.3 Å². The lowest BCUT2D eigenvalue weighted by Crippen LogP contribution is -2.29. The molecule has 0 aliphatic carbocycles. The van der Waals surface area contributed by atoms with Gasteiger partial charge >= 0.3 is 5.97 Å². The molecule has 0 fully saturated rings. The Kier molecular flexibility index (Phi) is 5.24. The van der Waals surface area contributed by atoms with Crippen LogP contribution in [0.15, 0.2) is 30.6 Å². The van der Waals surface area contributed by atoms with E-state index in [1.54, 1.807) is 0 Å². The molecule has 0 aliphatic heterocycles. The van der Waals surface area contributed by atoms with Crippen LogP contribution in [0, 0.1) is 13.8 Å². The third-order valence-electron chi connectivity index (χ3n) is 3.15. The molecule has 0 saturated carbocycles. The van der Waals surface area contributed by atoms with Gasteiger partial charge in [0.15, 0.2) is 5.69 Å². The van der Waals surface area contributed by atoms with Crippen molar-refractivity contribution >= 4 is 11.9 Å². The standard InChI is InChI=1S/C16H17N3O4/c1-10-4-3-5-11(2)14(10)23-7-6-17-15(20)12-8-19-13(9-18-12)16(21)22/h3-5,8-9H,6-7H2,1-2H3,(H,17,20)(H,21,22). The molecule has 1 aromatic carbocycles. The summed E-state index contributed by atoms with van der Waals surface area (Å²) in [6, 6.07) is 5.87. The van der Waals surface area contributed by atoms with Gasteiger partial charge in [0.05, 0.1) is 18.9 Å². The molecule has 2 rings (SSSR count). The number of hydrogen-bond acceptors (Lipinski definition) is 5. The van der Waals surface area contributed by atoms with Crippen LogP contribution in [-0.4, -0.2) is 40.1 Å². The summed E-state index contributed by atoms with van der Waals surface area (Å²) in [6.07, 6.45) is 2.18. The van der Waals surface area contributed by atoms with Crippen LogP contribution in [0.1, 0.15) is 32.1 Å². The maximum absolute atomic E-state index is 11.9. The fourth-order valence-electron chi connectivity index (χ4n) is 1.99. The Labute approximate surface area is 133 Å². The molecule has 2 aromatic rings. The van der Waals surface area contributed by atoms with Crippen molar-refractivity contribution < 1.29 is 19.4 Å². The molecule has 1 aromatic heterocycles. The number of carbonyl (C=O) groups is 2. The molecule has 1 amide bonds. The van der Waals surface area contributed by atoms with E-state index in [4.69, 9.17) is 9.84 Å².